The number of carbonyl (C=O) groups is 1. The molecule has 2 aliphatic carbocycles. The first-order valence-electron chi connectivity index (χ1n) is 12.4. The summed E-state index contributed by atoms with van der Waals surface area (Å²) in [5.74, 6) is 0.0959. The van der Waals surface area contributed by atoms with Crippen molar-refractivity contribution in [3.63, 3.8) is 0 Å². The van der Waals surface area contributed by atoms with Crippen LogP contribution in [0.2, 0.25) is 0 Å². The highest BCUT2D eigenvalue weighted by molar-refractivity contribution is 5.79. The summed E-state index contributed by atoms with van der Waals surface area (Å²) in [5.41, 5.74) is 4.74. The number of aliphatic hydroxyl groups excluding tert-OH is 1. The number of carboxylic acid groups (broad SMARTS) is 1. The van der Waals surface area contributed by atoms with Crippen molar-refractivity contribution in [1.29, 1.82) is 0 Å². The third-order valence-electron chi connectivity index (χ3n) is 7.66. The molecule has 6 heteroatoms. The van der Waals surface area contributed by atoms with Crippen LogP contribution in [0.15, 0.2) is 42.5 Å². The highest BCUT2D eigenvalue weighted by Crippen LogP contribution is 2.59. The standard InChI is InChI=1S/C28H35NO5/c1-16(21-9-6-10-22-23-24(27(31)32)26(23)34-25(21)22)33-15-20(30)14-29-28(2,3)13-17-11-18-7-4-5-8-19(18)12-17/h4-10,16-17,20,23-24,26,29-30H,11-15H2,1-3H3,(H,31,32)/t16?,20-,23?,24?,26?/m1/s1. The van der Waals surface area contributed by atoms with Crippen LogP contribution in [0.1, 0.15) is 61.5 Å². The minimum Gasteiger partial charge on any atom is -0.488 e. The van der Waals surface area contributed by atoms with Crippen LogP contribution < -0.4 is 10.1 Å². The summed E-state index contributed by atoms with van der Waals surface area (Å²) in [5, 5.41) is 23.4. The second-order valence-electron chi connectivity index (χ2n) is 10.9. The number of fused-ring (bicyclic) bond motifs is 4. The van der Waals surface area contributed by atoms with Gasteiger partial charge in [0, 0.05) is 29.1 Å². The molecule has 0 aromatic heterocycles. The average molecular weight is 466 g/mol. The maximum absolute atomic E-state index is 11.3. The van der Waals surface area contributed by atoms with Gasteiger partial charge >= 0.3 is 5.97 Å². The number of carboxylic acids is 1. The third-order valence-corrected chi connectivity index (χ3v) is 7.66. The lowest BCUT2D eigenvalue weighted by Gasteiger charge is -2.31. The number of para-hydroxylation sites is 1. The van der Waals surface area contributed by atoms with Gasteiger partial charge in [0.25, 0.3) is 0 Å². The molecular formula is C28H35NO5. The van der Waals surface area contributed by atoms with Crippen molar-refractivity contribution in [3.05, 3.63) is 64.7 Å². The SMILES string of the molecule is CC(OC[C@H](O)CNC(C)(C)CC1Cc2ccccc2C1)c1cccc2c1OC1C(C(=O)O)C21. The number of β-amino-alcohol motifs (C(OH)–C–C–N with tert-alkyl or cyclic N) is 1. The van der Waals surface area contributed by atoms with Crippen molar-refractivity contribution in [1.82, 2.24) is 5.32 Å². The number of rotatable bonds is 10. The lowest BCUT2D eigenvalue weighted by atomic mass is 9.88. The predicted octanol–water partition coefficient (Wildman–Crippen LogP) is 3.86. The fourth-order valence-corrected chi connectivity index (χ4v) is 5.91. The van der Waals surface area contributed by atoms with E-state index in [1.807, 2.05) is 25.1 Å². The van der Waals surface area contributed by atoms with Gasteiger partial charge in [-0.15, -0.1) is 0 Å². The van der Waals surface area contributed by atoms with E-state index in [1.165, 1.54) is 11.1 Å². The Balaban J connectivity index is 1.09. The van der Waals surface area contributed by atoms with Gasteiger partial charge in [-0.05, 0) is 57.1 Å². The topological polar surface area (TPSA) is 88.0 Å². The number of aliphatic hydroxyl groups is 1. The van der Waals surface area contributed by atoms with Crippen LogP contribution in [0.3, 0.4) is 0 Å². The summed E-state index contributed by atoms with van der Waals surface area (Å²) in [6.45, 7) is 7.03. The smallest absolute Gasteiger partial charge is 0.311 e. The molecule has 4 unspecified atom stereocenters. The van der Waals surface area contributed by atoms with Crippen molar-refractivity contribution in [2.75, 3.05) is 13.2 Å². The molecule has 1 saturated carbocycles. The lowest BCUT2D eigenvalue weighted by molar-refractivity contribution is -0.139. The van der Waals surface area contributed by atoms with Gasteiger partial charge in [0.05, 0.1) is 18.8 Å². The van der Waals surface area contributed by atoms with Crippen LogP contribution in [0, 0.1) is 11.8 Å². The van der Waals surface area contributed by atoms with Gasteiger partial charge in [-0.1, -0.05) is 42.5 Å². The van der Waals surface area contributed by atoms with E-state index in [4.69, 9.17) is 9.47 Å². The molecule has 0 spiro atoms. The highest BCUT2D eigenvalue weighted by atomic mass is 16.5. The Kier molecular flexibility index (Phi) is 6.17. The van der Waals surface area contributed by atoms with E-state index in [2.05, 4.69) is 43.4 Å². The summed E-state index contributed by atoms with van der Waals surface area (Å²) in [4.78, 5) is 11.3. The Hall–Kier alpha value is -2.41. The van der Waals surface area contributed by atoms with Gasteiger partial charge in [-0.2, -0.15) is 0 Å². The van der Waals surface area contributed by atoms with Crippen LogP contribution in [-0.4, -0.2) is 47.1 Å². The van der Waals surface area contributed by atoms with Crippen molar-refractivity contribution in [2.45, 2.75) is 69.8 Å². The van der Waals surface area contributed by atoms with E-state index in [0.29, 0.717) is 12.5 Å². The van der Waals surface area contributed by atoms with Crippen molar-refractivity contribution in [2.24, 2.45) is 11.8 Å². The lowest BCUT2D eigenvalue weighted by Crippen LogP contribution is -2.45. The minimum absolute atomic E-state index is 0.0515. The third kappa shape index (κ3) is 4.59. The molecule has 5 atom stereocenters. The molecule has 1 aliphatic heterocycles. The average Bonchev–Trinajstić information content (AvgIpc) is 3.16. The number of ether oxygens (including phenoxy) is 2. The Morgan fingerprint density at radius 3 is 2.56 bits per heavy atom. The molecular weight excluding hydrogens is 430 g/mol. The zero-order valence-electron chi connectivity index (χ0n) is 20.2. The quantitative estimate of drug-likeness (QED) is 0.494. The number of nitrogens with one attached hydrogen (secondary N) is 1. The molecule has 1 heterocycles. The van der Waals surface area contributed by atoms with Crippen LogP contribution in [0.5, 0.6) is 5.75 Å². The van der Waals surface area contributed by atoms with Crippen molar-refractivity contribution < 1.29 is 24.5 Å². The van der Waals surface area contributed by atoms with Gasteiger partial charge in [0.1, 0.15) is 17.8 Å². The molecule has 34 heavy (non-hydrogen) atoms. The zero-order valence-corrected chi connectivity index (χ0v) is 20.2. The highest BCUT2D eigenvalue weighted by Gasteiger charge is 2.63. The first kappa shape index (κ1) is 23.3. The first-order chi connectivity index (χ1) is 16.2. The molecule has 5 rings (SSSR count). The second kappa shape index (κ2) is 8.99. The Labute approximate surface area is 201 Å². The maximum Gasteiger partial charge on any atom is 0.311 e. The molecule has 1 fully saturated rings. The molecule has 0 saturated heterocycles. The monoisotopic (exact) mass is 465 g/mol. The second-order valence-corrected chi connectivity index (χ2v) is 10.9. The summed E-state index contributed by atoms with van der Waals surface area (Å²) in [6.07, 6.45) is 2.18. The molecule has 182 valence electrons. The van der Waals surface area contributed by atoms with Gasteiger partial charge in [-0.25, -0.2) is 0 Å². The maximum atomic E-state index is 11.3. The van der Waals surface area contributed by atoms with Crippen LogP contribution in [-0.2, 0) is 22.4 Å². The number of hydrogen-bond donors (Lipinski definition) is 3. The van der Waals surface area contributed by atoms with E-state index < -0.39 is 18.0 Å². The molecule has 0 radical (unpaired) electrons. The molecule has 3 N–H and O–H groups in total. The summed E-state index contributed by atoms with van der Waals surface area (Å²) >= 11 is 0. The van der Waals surface area contributed by atoms with Crippen LogP contribution >= 0.6 is 0 Å². The molecule has 2 aromatic carbocycles. The van der Waals surface area contributed by atoms with Crippen molar-refractivity contribution in [3.8, 4) is 5.75 Å². The van der Waals surface area contributed by atoms with Gasteiger partial charge in [0.2, 0.25) is 0 Å². The molecule has 0 amide bonds. The predicted molar refractivity (Wildman–Crippen MR) is 129 cm³/mol. The Morgan fingerprint density at radius 1 is 1.18 bits per heavy atom. The van der Waals surface area contributed by atoms with Crippen LogP contribution in [0.4, 0.5) is 0 Å². The summed E-state index contributed by atoms with van der Waals surface area (Å²) < 4.78 is 12.0. The Morgan fingerprint density at radius 2 is 1.88 bits per heavy atom. The van der Waals surface area contributed by atoms with Crippen LogP contribution in [0.25, 0.3) is 0 Å². The van der Waals surface area contributed by atoms with Gasteiger partial charge < -0.3 is 25.0 Å². The van der Waals surface area contributed by atoms with Crippen molar-refractivity contribution >= 4 is 5.97 Å². The molecule has 0 bridgehead atoms. The Bertz CT molecular complexity index is 1040. The van der Waals surface area contributed by atoms with E-state index >= 15 is 0 Å². The van der Waals surface area contributed by atoms with E-state index in [9.17, 15) is 15.0 Å². The molecule has 3 aliphatic rings. The van der Waals surface area contributed by atoms with E-state index in [0.717, 1.165) is 36.1 Å². The summed E-state index contributed by atoms with van der Waals surface area (Å²) in [7, 11) is 0. The fourth-order valence-electron chi connectivity index (χ4n) is 5.91. The normalized spacial score (nSPS) is 24.6. The first-order valence-corrected chi connectivity index (χ1v) is 12.4. The molecule has 6 nitrogen and oxygen atoms in total. The van der Waals surface area contributed by atoms with Gasteiger partial charge in [0.15, 0.2) is 0 Å². The summed E-state index contributed by atoms with van der Waals surface area (Å²) in [6, 6.07) is 14.5. The number of aliphatic carboxylic acids is 1. The largest absolute Gasteiger partial charge is 0.488 e. The minimum atomic E-state index is -0.800. The zero-order chi connectivity index (χ0) is 24.0. The van der Waals surface area contributed by atoms with Gasteiger partial charge in [-0.3, -0.25) is 4.79 Å². The number of benzene rings is 2. The van der Waals surface area contributed by atoms with E-state index in [1.54, 1.807) is 0 Å². The molecule has 2 aromatic rings. The fraction of sp³-hybridized carbons (Fsp3) is 0.536. The number of hydrogen-bond acceptors (Lipinski definition) is 5. The van der Waals surface area contributed by atoms with E-state index in [-0.39, 0.29) is 30.3 Å².